The molecule has 6 heteroatoms. The number of benzene rings is 1. The summed E-state index contributed by atoms with van der Waals surface area (Å²) in [5, 5.41) is 0. The minimum Gasteiger partial charge on any atom is -0.461 e. The van der Waals surface area contributed by atoms with Crippen molar-refractivity contribution < 1.29 is 19.1 Å². The van der Waals surface area contributed by atoms with Crippen LogP contribution in [0.5, 0.6) is 0 Å². The molecule has 0 N–H and O–H groups in total. The lowest BCUT2D eigenvalue weighted by Crippen LogP contribution is -2.27. The standard InChI is InChI=1S/C12H14INO4/c1-9(15)17-7-10-5-3-4-6-11(10)14(2)12(16)18-8-13/h3-6H,7-8H2,1-2H3. The number of ether oxygens (including phenoxy) is 2. The maximum absolute atomic E-state index is 11.6. The van der Waals surface area contributed by atoms with Gasteiger partial charge in [0, 0.05) is 19.5 Å². The van der Waals surface area contributed by atoms with E-state index in [2.05, 4.69) is 0 Å². The molecule has 1 aromatic carbocycles. The first kappa shape index (κ1) is 14.7. The van der Waals surface area contributed by atoms with Gasteiger partial charge in [0.25, 0.3) is 0 Å². The van der Waals surface area contributed by atoms with Gasteiger partial charge in [-0.05, 0) is 28.7 Å². The summed E-state index contributed by atoms with van der Waals surface area (Å²) in [6.07, 6.45) is -0.445. The van der Waals surface area contributed by atoms with E-state index < -0.39 is 6.09 Å². The second kappa shape index (κ2) is 7.20. The number of hydrogen-bond donors (Lipinski definition) is 0. The summed E-state index contributed by atoms with van der Waals surface area (Å²) in [6, 6.07) is 7.19. The van der Waals surface area contributed by atoms with Crippen LogP contribution in [0.2, 0.25) is 0 Å². The fourth-order valence-corrected chi connectivity index (χ4v) is 1.65. The summed E-state index contributed by atoms with van der Waals surface area (Å²) < 4.78 is 10.1. The Hall–Kier alpha value is -1.31. The third-order valence-electron chi connectivity index (χ3n) is 2.24. The number of esters is 1. The molecule has 18 heavy (non-hydrogen) atoms. The second-order valence-electron chi connectivity index (χ2n) is 3.49. The zero-order valence-corrected chi connectivity index (χ0v) is 12.3. The van der Waals surface area contributed by atoms with Crippen LogP contribution in [0, 0.1) is 0 Å². The van der Waals surface area contributed by atoms with Gasteiger partial charge in [0.15, 0.2) is 0 Å². The van der Waals surface area contributed by atoms with Crippen molar-refractivity contribution in [2.75, 3.05) is 16.6 Å². The summed E-state index contributed by atoms with van der Waals surface area (Å²) in [7, 11) is 1.61. The van der Waals surface area contributed by atoms with Gasteiger partial charge < -0.3 is 9.47 Å². The maximum atomic E-state index is 11.6. The molecule has 0 aliphatic rings. The summed E-state index contributed by atoms with van der Waals surface area (Å²) in [6.45, 7) is 1.48. The first-order chi connectivity index (χ1) is 8.56. The molecule has 0 heterocycles. The highest BCUT2D eigenvalue weighted by molar-refractivity contribution is 14.1. The number of amides is 1. The number of anilines is 1. The molecule has 0 aromatic heterocycles. The van der Waals surface area contributed by atoms with Crippen LogP contribution < -0.4 is 4.90 Å². The highest BCUT2D eigenvalue weighted by atomic mass is 127. The van der Waals surface area contributed by atoms with Crippen LogP contribution in [0.15, 0.2) is 24.3 Å². The third-order valence-corrected chi connectivity index (χ3v) is 2.55. The summed E-state index contributed by atoms with van der Waals surface area (Å²) in [5.41, 5.74) is 1.41. The number of nitrogens with zero attached hydrogens (tertiary/aromatic N) is 1. The average molecular weight is 363 g/mol. The van der Waals surface area contributed by atoms with Gasteiger partial charge in [0.05, 0.1) is 5.69 Å². The Morgan fingerprint density at radius 3 is 2.56 bits per heavy atom. The Bertz CT molecular complexity index is 436. The predicted molar refractivity (Wildman–Crippen MR) is 75.7 cm³/mol. The van der Waals surface area contributed by atoms with Crippen LogP contribution in [-0.4, -0.2) is 23.7 Å². The summed E-state index contributed by atoms with van der Waals surface area (Å²) in [4.78, 5) is 23.8. The van der Waals surface area contributed by atoms with Crippen LogP contribution in [-0.2, 0) is 20.9 Å². The molecule has 0 bridgehead atoms. The molecular formula is C12H14INO4. The maximum Gasteiger partial charge on any atom is 0.414 e. The normalized spacial score (nSPS) is 9.72. The summed E-state index contributed by atoms with van der Waals surface area (Å²) in [5.74, 6) is -0.359. The minimum absolute atomic E-state index is 0.132. The van der Waals surface area contributed by atoms with Crippen molar-refractivity contribution in [3.63, 3.8) is 0 Å². The molecule has 0 spiro atoms. The summed E-state index contributed by atoms with van der Waals surface area (Å²) >= 11 is 1.95. The molecule has 0 atom stereocenters. The van der Waals surface area contributed by atoms with Crippen LogP contribution >= 0.6 is 22.6 Å². The average Bonchev–Trinajstić information content (AvgIpc) is 2.36. The molecule has 1 rings (SSSR count). The predicted octanol–water partition coefficient (Wildman–Crippen LogP) is 2.72. The van der Waals surface area contributed by atoms with Crippen molar-refractivity contribution in [3.05, 3.63) is 29.8 Å². The smallest absolute Gasteiger partial charge is 0.414 e. The molecule has 5 nitrogen and oxygen atoms in total. The molecule has 0 saturated heterocycles. The highest BCUT2D eigenvalue weighted by Crippen LogP contribution is 2.20. The Kier molecular flexibility index (Phi) is 5.90. The molecule has 98 valence electrons. The number of carbonyl (C=O) groups is 2. The van der Waals surface area contributed by atoms with Crippen molar-refractivity contribution in [2.24, 2.45) is 0 Å². The van der Waals surface area contributed by atoms with Crippen molar-refractivity contribution in [3.8, 4) is 0 Å². The quantitative estimate of drug-likeness (QED) is 0.469. The molecule has 0 radical (unpaired) electrons. The number of alkyl halides is 1. The van der Waals surface area contributed by atoms with Crippen molar-refractivity contribution in [2.45, 2.75) is 13.5 Å². The molecule has 0 saturated carbocycles. The minimum atomic E-state index is -0.445. The lowest BCUT2D eigenvalue weighted by molar-refractivity contribution is -0.142. The Morgan fingerprint density at radius 1 is 1.28 bits per heavy atom. The number of carbonyl (C=O) groups excluding carboxylic acids is 2. The lowest BCUT2D eigenvalue weighted by atomic mass is 10.2. The molecule has 0 aliphatic carbocycles. The van der Waals surface area contributed by atoms with E-state index in [9.17, 15) is 9.59 Å². The van der Waals surface area contributed by atoms with E-state index in [1.54, 1.807) is 25.2 Å². The van der Waals surface area contributed by atoms with E-state index in [1.165, 1.54) is 11.8 Å². The van der Waals surface area contributed by atoms with E-state index in [4.69, 9.17) is 9.47 Å². The zero-order chi connectivity index (χ0) is 13.5. The van der Waals surface area contributed by atoms with Crippen molar-refractivity contribution in [1.82, 2.24) is 0 Å². The lowest BCUT2D eigenvalue weighted by Gasteiger charge is -2.19. The second-order valence-corrected chi connectivity index (χ2v) is 4.11. The molecule has 0 aliphatic heterocycles. The van der Waals surface area contributed by atoms with E-state index in [1.807, 2.05) is 28.7 Å². The van der Waals surface area contributed by atoms with Crippen LogP contribution in [0.25, 0.3) is 0 Å². The van der Waals surface area contributed by atoms with Crippen molar-refractivity contribution >= 4 is 40.3 Å². The van der Waals surface area contributed by atoms with Gasteiger partial charge in [0.1, 0.15) is 11.2 Å². The zero-order valence-electron chi connectivity index (χ0n) is 10.2. The van der Waals surface area contributed by atoms with Gasteiger partial charge in [0.2, 0.25) is 0 Å². The van der Waals surface area contributed by atoms with Gasteiger partial charge in [-0.1, -0.05) is 18.2 Å². The molecule has 0 unspecified atom stereocenters. The van der Waals surface area contributed by atoms with Crippen LogP contribution in [0.4, 0.5) is 10.5 Å². The Labute approximate surface area is 119 Å². The van der Waals surface area contributed by atoms with Crippen LogP contribution in [0.3, 0.4) is 0 Å². The third kappa shape index (κ3) is 4.17. The largest absolute Gasteiger partial charge is 0.461 e. The fourth-order valence-electron chi connectivity index (χ4n) is 1.38. The number of halogens is 1. The number of para-hydroxylation sites is 1. The molecule has 1 amide bonds. The van der Waals surface area contributed by atoms with E-state index >= 15 is 0 Å². The SMILES string of the molecule is CC(=O)OCc1ccccc1N(C)C(=O)OCI. The first-order valence-electron chi connectivity index (χ1n) is 5.24. The topological polar surface area (TPSA) is 55.8 Å². The van der Waals surface area contributed by atoms with Crippen LogP contribution in [0.1, 0.15) is 12.5 Å². The van der Waals surface area contributed by atoms with E-state index in [-0.39, 0.29) is 17.2 Å². The van der Waals surface area contributed by atoms with Crippen molar-refractivity contribution in [1.29, 1.82) is 0 Å². The highest BCUT2D eigenvalue weighted by Gasteiger charge is 2.15. The van der Waals surface area contributed by atoms with Gasteiger partial charge in [-0.3, -0.25) is 9.69 Å². The monoisotopic (exact) mass is 363 g/mol. The molecule has 1 aromatic rings. The molecular weight excluding hydrogens is 349 g/mol. The van der Waals surface area contributed by atoms with Gasteiger partial charge in [-0.2, -0.15) is 0 Å². The molecule has 0 fully saturated rings. The van der Waals surface area contributed by atoms with E-state index in [0.717, 1.165) is 5.56 Å². The van der Waals surface area contributed by atoms with E-state index in [0.29, 0.717) is 5.69 Å². The number of rotatable bonds is 4. The Morgan fingerprint density at radius 2 is 1.94 bits per heavy atom. The fraction of sp³-hybridized carbons (Fsp3) is 0.333. The number of hydrogen-bond acceptors (Lipinski definition) is 4. The van der Waals surface area contributed by atoms with Gasteiger partial charge >= 0.3 is 12.1 Å². The Balaban J connectivity index is 2.86. The van der Waals surface area contributed by atoms with Gasteiger partial charge in [-0.25, -0.2) is 4.79 Å². The van der Waals surface area contributed by atoms with Gasteiger partial charge in [-0.15, -0.1) is 0 Å². The first-order valence-corrected chi connectivity index (χ1v) is 6.76.